The molecule has 0 spiro atoms. The van der Waals surface area contributed by atoms with Gasteiger partial charge >= 0.3 is 5.97 Å². The molecular formula is C5H12ClNO3. The molecule has 2 atom stereocenters. The highest BCUT2D eigenvalue weighted by Gasteiger charge is 2.18. The van der Waals surface area contributed by atoms with Crippen LogP contribution in [0.3, 0.4) is 0 Å². The molecule has 0 saturated carbocycles. The van der Waals surface area contributed by atoms with E-state index in [2.05, 4.69) is 4.74 Å². The molecule has 10 heavy (non-hydrogen) atoms. The van der Waals surface area contributed by atoms with E-state index in [1.54, 1.807) is 6.92 Å². The molecule has 0 rings (SSSR count). The summed E-state index contributed by atoms with van der Waals surface area (Å²) in [5.41, 5.74) is 5.15. The lowest BCUT2D eigenvalue weighted by Gasteiger charge is -2.12. The van der Waals surface area contributed by atoms with Gasteiger partial charge in [0.25, 0.3) is 0 Å². The third kappa shape index (κ3) is 3.66. The number of ether oxygens (including phenoxy) is 1. The van der Waals surface area contributed by atoms with Crippen LogP contribution >= 0.6 is 12.4 Å². The highest BCUT2D eigenvalue weighted by Crippen LogP contribution is 1.92. The minimum atomic E-state index is -1.04. The van der Waals surface area contributed by atoms with E-state index in [4.69, 9.17) is 10.8 Å². The van der Waals surface area contributed by atoms with Gasteiger partial charge in [0.15, 0.2) is 0 Å². The topological polar surface area (TPSA) is 72.5 Å². The van der Waals surface area contributed by atoms with Crippen LogP contribution in [0.1, 0.15) is 6.92 Å². The van der Waals surface area contributed by atoms with Crippen LogP contribution in [0.2, 0.25) is 0 Å². The average molecular weight is 170 g/mol. The molecule has 0 radical (unpaired) electrons. The van der Waals surface area contributed by atoms with Crippen LogP contribution < -0.4 is 5.73 Å². The van der Waals surface area contributed by atoms with Gasteiger partial charge in [-0.15, -0.1) is 12.4 Å². The summed E-state index contributed by atoms with van der Waals surface area (Å²) in [6, 6.07) is -0.921. The van der Waals surface area contributed by atoms with Crippen molar-refractivity contribution in [3.63, 3.8) is 0 Å². The molecule has 62 valence electrons. The van der Waals surface area contributed by atoms with E-state index in [1.807, 2.05) is 0 Å². The van der Waals surface area contributed by atoms with Crippen molar-refractivity contribution in [1.82, 2.24) is 0 Å². The van der Waals surface area contributed by atoms with Gasteiger partial charge in [0.2, 0.25) is 0 Å². The summed E-state index contributed by atoms with van der Waals surface area (Å²) in [5, 5.41) is 8.28. The standard InChI is InChI=1S/C5H11NO3.ClH/c1-3(9-2)4(6)5(7)8;/h3-4H,6H2,1-2H3,(H,7,8);1H/t3-,4+;/m0./s1. The van der Waals surface area contributed by atoms with E-state index < -0.39 is 18.1 Å². The van der Waals surface area contributed by atoms with Crippen molar-refractivity contribution >= 4 is 18.4 Å². The van der Waals surface area contributed by atoms with Gasteiger partial charge < -0.3 is 15.6 Å². The number of rotatable bonds is 3. The Morgan fingerprint density at radius 3 is 2.20 bits per heavy atom. The summed E-state index contributed by atoms with van der Waals surface area (Å²) < 4.78 is 4.67. The highest BCUT2D eigenvalue weighted by atomic mass is 35.5. The van der Waals surface area contributed by atoms with Crippen LogP contribution in [-0.4, -0.2) is 30.3 Å². The molecular weight excluding hydrogens is 158 g/mol. The van der Waals surface area contributed by atoms with E-state index in [9.17, 15) is 4.79 Å². The quantitative estimate of drug-likeness (QED) is 0.617. The molecule has 0 unspecified atom stereocenters. The maximum absolute atomic E-state index is 10.1. The number of methoxy groups -OCH3 is 1. The van der Waals surface area contributed by atoms with Gasteiger partial charge in [-0.05, 0) is 6.92 Å². The predicted molar refractivity (Wildman–Crippen MR) is 39.3 cm³/mol. The summed E-state index contributed by atoms with van der Waals surface area (Å²) in [4.78, 5) is 10.1. The number of nitrogens with two attached hydrogens (primary N) is 1. The maximum Gasteiger partial charge on any atom is 0.323 e. The molecule has 0 amide bonds. The van der Waals surface area contributed by atoms with Crippen molar-refractivity contribution in [1.29, 1.82) is 0 Å². The summed E-state index contributed by atoms with van der Waals surface area (Å²) in [7, 11) is 1.42. The fourth-order valence-corrected chi connectivity index (χ4v) is 0.347. The van der Waals surface area contributed by atoms with E-state index in [0.29, 0.717) is 0 Å². The smallest absolute Gasteiger partial charge is 0.323 e. The Morgan fingerprint density at radius 2 is 2.10 bits per heavy atom. The Balaban J connectivity index is 0. The molecule has 0 aliphatic carbocycles. The van der Waals surface area contributed by atoms with Gasteiger partial charge in [0, 0.05) is 7.11 Å². The first-order chi connectivity index (χ1) is 4.09. The van der Waals surface area contributed by atoms with Gasteiger partial charge in [-0.1, -0.05) is 0 Å². The number of halogens is 1. The zero-order chi connectivity index (χ0) is 7.44. The van der Waals surface area contributed by atoms with Crippen LogP contribution in [0.4, 0.5) is 0 Å². The predicted octanol–water partition coefficient (Wildman–Crippen LogP) is -0.145. The maximum atomic E-state index is 10.1. The minimum Gasteiger partial charge on any atom is -0.480 e. The van der Waals surface area contributed by atoms with Gasteiger partial charge in [0.1, 0.15) is 6.04 Å². The third-order valence-electron chi connectivity index (χ3n) is 1.16. The first-order valence-electron chi connectivity index (χ1n) is 2.60. The Labute approximate surface area is 65.8 Å². The molecule has 0 saturated heterocycles. The molecule has 0 aromatic heterocycles. The van der Waals surface area contributed by atoms with Gasteiger partial charge in [-0.2, -0.15) is 0 Å². The SMILES string of the molecule is CO[C@@H](C)[C@@H](N)C(=O)O.Cl. The second kappa shape index (κ2) is 5.46. The van der Waals surface area contributed by atoms with Crippen LogP contribution in [0.15, 0.2) is 0 Å². The first kappa shape index (κ1) is 12.4. The number of aliphatic carboxylic acids is 1. The molecule has 0 fully saturated rings. The van der Waals surface area contributed by atoms with Crippen LogP contribution in [0, 0.1) is 0 Å². The van der Waals surface area contributed by atoms with Crippen LogP contribution in [0.25, 0.3) is 0 Å². The van der Waals surface area contributed by atoms with Crippen molar-refractivity contribution in [3.05, 3.63) is 0 Å². The largest absolute Gasteiger partial charge is 0.480 e. The summed E-state index contributed by atoms with van der Waals surface area (Å²) in [6.07, 6.45) is -0.428. The Morgan fingerprint density at radius 1 is 1.70 bits per heavy atom. The fraction of sp³-hybridized carbons (Fsp3) is 0.800. The number of carboxylic acid groups (broad SMARTS) is 1. The van der Waals surface area contributed by atoms with Gasteiger partial charge in [0.05, 0.1) is 6.10 Å². The lowest BCUT2D eigenvalue weighted by molar-refractivity contribution is -0.141. The summed E-state index contributed by atoms with van der Waals surface area (Å²) in [6.45, 7) is 1.61. The van der Waals surface area contributed by atoms with Crippen LogP contribution in [-0.2, 0) is 9.53 Å². The second-order valence-electron chi connectivity index (χ2n) is 1.80. The minimum absolute atomic E-state index is 0. The van der Waals surface area contributed by atoms with Crippen molar-refractivity contribution in [2.24, 2.45) is 5.73 Å². The molecule has 3 N–H and O–H groups in total. The van der Waals surface area contributed by atoms with Crippen molar-refractivity contribution in [3.8, 4) is 0 Å². The van der Waals surface area contributed by atoms with E-state index in [0.717, 1.165) is 0 Å². The number of carboxylic acids is 1. The number of carbonyl (C=O) groups is 1. The lowest BCUT2D eigenvalue weighted by Crippen LogP contribution is -2.40. The second-order valence-corrected chi connectivity index (χ2v) is 1.80. The van der Waals surface area contributed by atoms with E-state index in [1.165, 1.54) is 7.11 Å². The first-order valence-corrected chi connectivity index (χ1v) is 2.60. The van der Waals surface area contributed by atoms with E-state index >= 15 is 0 Å². The molecule has 5 heteroatoms. The monoisotopic (exact) mass is 169 g/mol. The van der Waals surface area contributed by atoms with Crippen molar-refractivity contribution < 1.29 is 14.6 Å². The summed E-state index contributed by atoms with van der Waals surface area (Å²) >= 11 is 0. The van der Waals surface area contributed by atoms with Gasteiger partial charge in [-0.25, -0.2) is 0 Å². The number of hydrogen-bond donors (Lipinski definition) is 2. The molecule has 0 aromatic rings. The van der Waals surface area contributed by atoms with Gasteiger partial charge in [-0.3, -0.25) is 4.79 Å². The highest BCUT2D eigenvalue weighted by molar-refractivity contribution is 5.85. The molecule has 0 bridgehead atoms. The van der Waals surface area contributed by atoms with Crippen LogP contribution in [0.5, 0.6) is 0 Å². The summed E-state index contributed by atoms with van der Waals surface area (Å²) in [5.74, 6) is -1.04. The van der Waals surface area contributed by atoms with E-state index in [-0.39, 0.29) is 12.4 Å². The normalized spacial score (nSPS) is 15.1. The van der Waals surface area contributed by atoms with Crippen molar-refractivity contribution in [2.45, 2.75) is 19.1 Å². The fourth-order valence-electron chi connectivity index (χ4n) is 0.347. The van der Waals surface area contributed by atoms with Crippen molar-refractivity contribution in [2.75, 3.05) is 7.11 Å². The molecule has 4 nitrogen and oxygen atoms in total. The molecule has 0 aliphatic heterocycles. The Bertz CT molecular complexity index is 109. The lowest BCUT2D eigenvalue weighted by atomic mass is 10.2. The molecule has 0 heterocycles. The third-order valence-corrected chi connectivity index (χ3v) is 1.16. The number of hydrogen-bond acceptors (Lipinski definition) is 3. The Hall–Kier alpha value is -0.320. The zero-order valence-electron chi connectivity index (χ0n) is 5.90. The Kier molecular flexibility index (Phi) is 6.76. The molecule has 0 aromatic carbocycles. The zero-order valence-corrected chi connectivity index (χ0v) is 6.72. The average Bonchev–Trinajstić information content (AvgIpc) is 1.84. The molecule has 0 aliphatic rings.